The topological polar surface area (TPSA) is 127 Å². The number of aromatic nitrogens is 1. The van der Waals surface area contributed by atoms with Crippen molar-refractivity contribution in [2.45, 2.75) is 6.42 Å². The van der Waals surface area contributed by atoms with E-state index in [1.807, 2.05) is 0 Å². The molecule has 0 radical (unpaired) electrons. The van der Waals surface area contributed by atoms with Crippen molar-refractivity contribution >= 4 is 17.3 Å². The molecule has 9 nitrogen and oxygen atoms in total. The number of nitrogens with zero attached hydrogens (tertiary/aromatic N) is 4. The molecule has 0 bridgehead atoms. The number of hydrogen-bond donors (Lipinski definition) is 2. The molecule has 0 fully saturated rings. The summed E-state index contributed by atoms with van der Waals surface area (Å²) in [5.41, 5.74) is 5.38. The zero-order chi connectivity index (χ0) is 15.1. The number of hydrogen-bond acceptors (Lipinski definition) is 7. The van der Waals surface area contributed by atoms with E-state index in [0.29, 0.717) is 19.6 Å². The summed E-state index contributed by atoms with van der Waals surface area (Å²) in [4.78, 5) is 16.2. The quantitative estimate of drug-likeness (QED) is 0.187. The lowest BCUT2D eigenvalue weighted by atomic mass is 10.2. The summed E-state index contributed by atoms with van der Waals surface area (Å²) in [6, 6.07) is 1.23. The number of methoxy groups -OCH3 is 1. The van der Waals surface area contributed by atoms with E-state index in [1.165, 1.54) is 12.3 Å². The van der Waals surface area contributed by atoms with Crippen molar-refractivity contribution in [3.8, 4) is 0 Å². The molecular weight excluding hydrogens is 266 g/mol. The normalized spacial score (nSPS) is 11.4. The third-order valence-electron chi connectivity index (χ3n) is 2.65. The Morgan fingerprint density at radius 1 is 1.70 bits per heavy atom. The van der Waals surface area contributed by atoms with Crippen molar-refractivity contribution in [2.24, 2.45) is 10.9 Å². The van der Waals surface area contributed by atoms with Gasteiger partial charge >= 0.3 is 5.69 Å². The van der Waals surface area contributed by atoms with Gasteiger partial charge in [0, 0.05) is 45.1 Å². The van der Waals surface area contributed by atoms with Crippen LogP contribution in [0.5, 0.6) is 0 Å². The molecule has 0 aliphatic rings. The van der Waals surface area contributed by atoms with E-state index in [0.717, 1.165) is 0 Å². The number of oxime groups is 1. The van der Waals surface area contributed by atoms with Gasteiger partial charge in [-0.3, -0.25) is 10.1 Å². The van der Waals surface area contributed by atoms with E-state index < -0.39 is 4.92 Å². The zero-order valence-corrected chi connectivity index (χ0v) is 11.3. The minimum absolute atomic E-state index is 0.188. The van der Waals surface area contributed by atoms with Crippen LogP contribution in [0.25, 0.3) is 0 Å². The second-order valence-electron chi connectivity index (χ2n) is 4.08. The monoisotopic (exact) mass is 283 g/mol. The van der Waals surface area contributed by atoms with Crippen molar-refractivity contribution in [2.75, 3.05) is 32.2 Å². The van der Waals surface area contributed by atoms with Crippen molar-refractivity contribution in [1.82, 2.24) is 4.98 Å². The third kappa shape index (κ3) is 3.79. The summed E-state index contributed by atoms with van der Waals surface area (Å²) in [5.74, 6) is -0.00483. The van der Waals surface area contributed by atoms with Crippen LogP contribution in [-0.2, 0) is 4.74 Å². The van der Waals surface area contributed by atoms with E-state index in [2.05, 4.69) is 10.1 Å². The predicted molar refractivity (Wildman–Crippen MR) is 73.2 cm³/mol. The molecule has 1 aromatic heterocycles. The van der Waals surface area contributed by atoms with Crippen molar-refractivity contribution in [3.05, 3.63) is 27.9 Å². The molecule has 0 aliphatic carbocycles. The zero-order valence-electron chi connectivity index (χ0n) is 11.3. The van der Waals surface area contributed by atoms with Crippen LogP contribution in [0.2, 0.25) is 0 Å². The van der Waals surface area contributed by atoms with Gasteiger partial charge in [-0.25, -0.2) is 4.98 Å². The number of ether oxygens (including phenoxy) is 1. The van der Waals surface area contributed by atoms with Gasteiger partial charge in [0.2, 0.25) is 5.82 Å². The molecule has 0 spiro atoms. The Bertz CT molecular complexity index is 506. The average molecular weight is 283 g/mol. The first-order valence-electron chi connectivity index (χ1n) is 5.83. The lowest BCUT2D eigenvalue weighted by Crippen LogP contribution is -2.23. The summed E-state index contributed by atoms with van der Waals surface area (Å²) in [6.45, 7) is 1.12. The van der Waals surface area contributed by atoms with Crippen molar-refractivity contribution in [3.63, 3.8) is 0 Å². The van der Waals surface area contributed by atoms with E-state index in [4.69, 9.17) is 15.7 Å². The molecule has 0 unspecified atom stereocenters. The number of nitro groups is 1. The minimum atomic E-state index is -0.552. The number of pyridine rings is 1. The molecule has 1 aromatic rings. The number of rotatable bonds is 7. The number of anilines is 1. The van der Waals surface area contributed by atoms with Crippen molar-refractivity contribution in [1.29, 1.82) is 0 Å². The van der Waals surface area contributed by atoms with Crippen LogP contribution in [0.1, 0.15) is 12.0 Å². The van der Waals surface area contributed by atoms with Gasteiger partial charge in [-0.05, 0) is 6.42 Å². The second-order valence-corrected chi connectivity index (χ2v) is 4.08. The molecule has 1 heterocycles. The fourth-order valence-electron chi connectivity index (χ4n) is 1.62. The first-order chi connectivity index (χ1) is 9.51. The molecule has 0 atom stereocenters. The lowest BCUT2D eigenvalue weighted by molar-refractivity contribution is -0.384. The Balaban J connectivity index is 3.04. The van der Waals surface area contributed by atoms with E-state index in [9.17, 15) is 10.1 Å². The van der Waals surface area contributed by atoms with Gasteiger partial charge in [-0.1, -0.05) is 5.16 Å². The van der Waals surface area contributed by atoms with Crippen LogP contribution < -0.4 is 10.6 Å². The van der Waals surface area contributed by atoms with Gasteiger partial charge in [0.25, 0.3) is 0 Å². The Hall–Kier alpha value is -2.42. The highest BCUT2D eigenvalue weighted by Crippen LogP contribution is 2.25. The lowest BCUT2D eigenvalue weighted by Gasteiger charge is -2.17. The Kier molecular flexibility index (Phi) is 5.66. The molecule has 9 heteroatoms. The van der Waals surface area contributed by atoms with Crippen molar-refractivity contribution < 1.29 is 14.9 Å². The van der Waals surface area contributed by atoms with Crippen LogP contribution in [0, 0.1) is 10.1 Å². The van der Waals surface area contributed by atoms with Gasteiger partial charge in [0.1, 0.15) is 0 Å². The predicted octanol–water partition coefficient (Wildman–Crippen LogP) is 0.557. The minimum Gasteiger partial charge on any atom is -0.409 e. The Morgan fingerprint density at radius 2 is 2.40 bits per heavy atom. The SMILES string of the molecule is COCCCN(C)c1ncc(C(N)=NO)cc1[N+](=O)[O-]. The number of amidine groups is 1. The molecule has 0 saturated carbocycles. The molecule has 0 aliphatic heterocycles. The summed E-state index contributed by atoms with van der Waals surface area (Å²) >= 11 is 0. The van der Waals surface area contributed by atoms with Crippen LogP contribution >= 0.6 is 0 Å². The molecule has 0 saturated heterocycles. The van der Waals surface area contributed by atoms with Crippen LogP contribution in [0.3, 0.4) is 0 Å². The summed E-state index contributed by atoms with van der Waals surface area (Å²) in [5, 5.41) is 22.5. The molecule has 0 amide bonds. The summed E-state index contributed by atoms with van der Waals surface area (Å²) < 4.78 is 4.93. The second kappa shape index (κ2) is 7.24. The largest absolute Gasteiger partial charge is 0.409 e. The van der Waals surface area contributed by atoms with Crippen LogP contribution in [0.4, 0.5) is 11.5 Å². The third-order valence-corrected chi connectivity index (χ3v) is 2.65. The highest BCUT2D eigenvalue weighted by atomic mass is 16.6. The highest BCUT2D eigenvalue weighted by molar-refractivity contribution is 5.97. The summed E-state index contributed by atoms with van der Waals surface area (Å²) in [7, 11) is 3.29. The van der Waals surface area contributed by atoms with E-state index >= 15 is 0 Å². The van der Waals surface area contributed by atoms with Gasteiger partial charge < -0.3 is 20.6 Å². The number of nitrogens with two attached hydrogens (primary N) is 1. The molecule has 3 N–H and O–H groups in total. The molecule has 20 heavy (non-hydrogen) atoms. The standard InChI is InChI=1S/C11H17N5O4/c1-15(4-3-5-20-2)11-9(16(18)19)6-8(7-13-11)10(12)14-17/h6-7,17H,3-5H2,1-2H3,(H2,12,14). The Labute approximate surface area is 115 Å². The van der Waals surface area contributed by atoms with Crippen LogP contribution in [0.15, 0.2) is 17.4 Å². The molecule has 1 rings (SSSR count). The molecule has 110 valence electrons. The molecular formula is C11H17N5O4. The summed E-state index contributed by atoms with van der Waals surface area (Å²) in [6.07, 6.45) is 2.04. The first kappa shape index (κ1) is 15.6. The van der Waals surface area contributed by atoms with E-state index in [-0.39, 0.29) is 22.9 Å². The van der Waals surface area contributed by atoms with Gasteiger partial charge in [0.05, 0.1) is 4.92 Å². The fourth-order valence-corrected chi connectivity index (χ4v) is 1.62. The maximum absolute atomic E-state index is 11.1. The highest BCUT2D eigenvalue weighted by Gasteiger charge is 2.20. The molecule has 0 aromatic carbocycles. The Morgan fingerprint density at radius 3 is 2.95 bits per heavy atom. The van der Waals surface area contributed by atoms with Crippen LogP contribution in [-0.4, -0.2) is 48.3 Å². The first-order valence-corrected chi connectivity index (χ1v) is 5.83. The van der Waals surface area contributed by atoms with E-state index in [1.54, 1.807) is 19.1 Å². The maximum Gasteiger partial charge on any atom is 0.312 e. The smallest absolute Gasteiger partial charge is 0.312 e. The average Bonchev–Trinajstić information content (AvgIpc) is 2.45. The van der Waals surface area contributed by atoms with Gasteiger partial charge in [-0.15, -0.1) is 0 Å². The maximum atomic E-state index is 11.1. The fraction of sp³-hybridized carbons (Fsp3) is 0.455. The van der Waals surface area contributed by atoms with Gasteiger partial charge in [0.15, 0.2) is 5.84 Å². The van der Waals surface area contributed by atoms with Gasteiger partial charge in [-0.2, -0.15) is 0 Å².